The van der Waals surface area contributed by atoms with Crippen LogP contribution in [0.25, 0.3) is 0 Å². The largest absolute Gasteiger partial charge is 0.323 e. The lowest BCUT2D eigenvalue weighted by atomic mass is 10.1. The van der Waals surface area contributed by atoms with Gasteiger partial charge in [-0.15, -0.1) is 0 Å². The van der Waals surface area contributed by atoms with Crippen LogP contribution in [0.3, 0.4) is 0 Å². The van der Waals surface area contributed by atoms with E-state index in [1.165, 1.54) is 0 Å². The zero-order valence-corrected chi connectivity index (χ0v) is 13.8. The summed E-state index contributed by atoms with van der Waals surface area (Å²) in [6.07, 6.45) is 2.22. The third kappa shape index (κ3) is 4.50. The van der Waals surface area contributed by atoms with Crippen LogP contribution in [0.5, 0.6) is 0 Å². The van der Waals surface area contributed by atoms with Crippen molar-refractivity contribution in [3.8, 4) is 0 Å². The number of likely N-dealkylation sites (N-methyl/N-ethyl adjacent to an activating group) is 1. The van der Waals surface area contributed by atoms with Gasteiger partial charge in [-0.2, -0.15) is 0 Å². The number of anilines is 1. The van der Waals surface area contributed by atoms with E-state index in [1.807, 2.05) is 40.0 Å². The lowest BCUT2D eigenvalue weighted by Crippen LogP contribution is -2.40. The minimum atomic E-state index is -0.168. The molecule has 0 radical (unpaired) electrons. The zero-order chi connectivity index (χ0) is 15.3. The number of halogens is 1. The van der Waals surface area contributed by atoms with Crippen molar-refractivity contribution in [3.63, 3.8) is 0 Å². The Morgan fingerprint density at radius 1 is 1.40 bits per heavy atom. The number of benzene rings is 1. The van der Waals surface area contributed by atoms with Gasteiger partial charge in [-0.05, 0) is 58.0 Å². The first-order valence-electron chi connectivity index (χ1n) is 7.14. The van der Waals surface area contributed by atoms with Gasteiger partial charge in [0, 0.05) is 0 Å². The highest BCUT2D eigenvalue weighted by molar-refractivity contribution is 6.34. The first kappa shape index (κ1) is 17.0. The van der Waals surface area contributed by atoms with E-state index in [1.54, 1.807) is 0 Å². The molecule has 4 heteroatoms. The van der Waals surface area contributed by atoms with Gasteiger partial charge in [-0.1, -0.05) is 31.0 Å². The van der Waals surface area contributed by atoms with E-state index in [0.717, 1.165) is 36.2 Å². The van der Waals surface area contributed by atoms with Gasteiger partial charge in [0.25, 0.3) is 0 Å². The van der Waals surface area contributed by atoms with Crippen molar-refractivity contribution in [2.24, 2.45) is 0 Å². The molecular weight excluding hydrogens is 272 g/mol. The summed E-state index contributed by atoms with van der Waals surface area (Å²) in [7, 11) is 1.98. The van der Waals surface area contributed by atoms with Crippen LogP contribution in [0.15, 0.2) is 12.1 Å². The third-order valence-corrected chi connectivity index (χ3v) is 3.88. The van der Waals surface area contributed by atoms with Crippen molar-refractivity contribution >= 4 is 23.2 Å². The molecule has 0 bridgehead atoms. The molecule has 1 N–H and O–H groups in total. The van der Waals surface area contributed by atoms with E-state index in [9.17, 15) is 4.79 Å². The van der Waals surface area contributed by atoms with Gasteiger partial charge < -0.3 is 5.32 Å². The Hall–Kier alpha value is -1.06. The first-order valence-corrected chi connectivity index (χ1v) is 7.52. The summed E-state index contributed by atoms with van der Waals surface area (Å²) >= 11 is 6.22. The Kier molecular flexibility index (Phi) is 6.50. The summed E-state index contributed by atoms with van der Waals surface area (Å²) in [5.74, 6) is -0.0162. The Bertz CT molecular complexity index is 451. The number of aryl methyl sites for hydroxylation is 2. The van der Waals surface area contributed by atoms with Gasteiger partial charge in [0.15, 0.2) is 0 Å². The first-order chi connectivity index (χ1) is 9.36. The summed E-state index contributed by atoms with van der Waals surface area (Å²) < 4.78 is 0. The van der Waals surface area contributed by atoms with E-state index in [0.29, 0.717) is 5.02 Å². The standard InChI is InChI=1S/C16H25ClN2O/c1-6-7-8-19(5)13(4)16(20)18-15-12(3)9-11(2)10-14(15)17/h9-10,13H,6-8H2,1-5H3,(H,18,20). The molecule has 0 aliphatic carbocycles. The van der Waals surface area contributed by atoms with Crippen LogP contribution < -0.4 is 5.32 Å². The van der Waals surface area contributed by atoms with Crippen molar-refractivity contribution in [1.29, 1.82) is 0 Å². The van der Waals surface area contributed by atoms with Gasteiger partial charge in [0.05, 0.1) is 16.8 Å². The Balaban J connectivity index is 2.75. The second-order valence-electron chi connectivity index (χ2n) is 5.44. The number of unbranched alkanes of at least 4 members (excludes halogenated alkanes) is 1. The number of rotatable bonds is 6. The summed E-state index contributed by atoms with van der Waals surface area (Å²) in [5, 5.41) is 3.55. The maximum absolute atomic E-state index is 12.3. The minimum absolute atomic E-state index is 0.0162. The average Bonchev–Trinajstić information content (AvgIpc) is 2.38. The Morgan fingerprint density at radius 2 is 2.05 bits per heavy atom. The topological polar surface area (TPSA) is 32.3 Å². The molecule has 1 amide bonds. The van der Waals surface area contributed by atoms with Crippen molar-refractivity contribution in [1.82, 2.24) is 4.90 Å². The number of carbonyl (C=O) groups is 1. The predicted octanol–water partition coefficient (Wildman–Crippen LogP) is 4.02. The molecule has 0 heterocycles. The Morgan fingerprint density at radius 3 is 2.60 bits per heavy atom. The van der Waals surface area contributed by atoms with Crippen molar-refractivity contribution < 1.29 is 4.79 Å². The molecule has 0 saturated heterocycles. The molecule has 0 spiro atoms. The number of nitrogens with zero attached hydrogens (tertiary/aromatic N) is 1. The van der Waals surface area contributed by atoms with Crippen LogP contribution in [0.4, 0.5) is 5.69 Å². The Labute approximate surface area is 127 Å². The fourth-order valence-electron chi connectivity index (χ4n) is 2.10. The molecule has 1 rings (SSSR count). The van der Waals surface area contributed by atoms with E-state index in [-0.39, 0.29) is 11.9 Å². The second kappa shape index (κ2) is 7.65. The van der Waals surface area contributed by atoms with Crippen molar-refractivity contribution in [3.05, 3.63) is 28.3 Å². The zero-order valence-electron chi connectivity index (χ0n) is 13.1. The normalized spacial score (nSPS) is 12.6. The summed E-state index contributed by atoms with van der Waals surface area (Å²) in [4.78, 5) is 14.4. The molecule has 1 atom stereocenters. The van der Waals surface area contributed by atoms with Crippen LogP contribution in [0.1, 0.15) is 37.8 Å². The smallest absolute Gasteiger partial charge is 0.241 e. The maximum Gasteiger partial charge on any atom is 0.241 e. The second-order valence-corrected chi connectivity index (χ2v) is 5.85. The van der Waals surface area contributed by atoms with E-state index >= 15 is 0 Å². The van der Waals surface area contributed by atoms with Crippen molar-refractivity contribution in [2.75, 3.05) is 18.9 Å². The van der Waals surface area contributed by atoms with Gasteiger partial charge in [-0.25, -0.2) is 0 Å². The number of amides is 1. The van der Waals surface area contributed by atoms with E-state index in [2.05, 4.69) is 17.1 Å². The van der Waals surface area contributed by atoms with Crippen LogP contribution >= 0.6 is 11.6 Å². The highest BCUT2D eigenvalue weighted by Crippen LogP contribution is 2.27. The van der Waals surface area contributed by atoms with Gasteiger partial charge >= 0.3 is 0 Å². The summed E-state index contributed by atoms with van der Waals surface area (Å²) in [6, 6.07) is 3.72. The molecule has 1 aromatic carbocycles. The molecule has 112 valence electrons. The van der Waals surface area contributed by atoms with Crippen LogP contribution in [-0.4, -0.2) is 30.4 Å². The molecular formula is C16H25ClN2O. The van der Waals surface area contributed by atoms with Crippen LogP contribution in [0, 0.1) is 13.8 Å². The van der Waals surface area contributed by atoms with Gasteiger partial charge in [0.2, 0.25) is 5.91 Å². The summed E-state index contributed by atoms with van der Waals surface area (Å²) in [5.41, 5.74) is 2.81. The third-order valence-electron chi connectivity index (χ3n) is 3.58. The highest BCUT2D eigenvalue weighted by Gasteiger charge is 2.19. The lowest BCUT2D eigenvalue weighted by Gasteiger charge is -2.24. The maximum atomic E-state index is 12.3. The fourth-order valence-corrected chi connectivity index (χ4v) is 2.47. The average molecular weight is 297 g/mol. The number of carbonyl (C=O) groups excluding carboxylic acids is 1. The SMILES string of the molecule is CCCCN(C)C(C)C(=O)Nc1c(C)cc(C)cc1Cl. The molecule has 0 saturated carbocycles. The van der Waals surface area contributed by atoms with E-state index in [4.69, 9.17) is 11.6 Å². The molecule has 1 unspecified atom stereocenters. The molecule has 20 heavy (non-hydrogen) atoms. The fraction of sp³-hybridized carbons (Fsp3) is 0.562. The predicted molar refractivity (Wildman–Crippen MR) is 86.6 cm³/mol. The number of hydrogen-bond donors (Lipinski definition) is 1. The number of nitrogens with one attached hydrogen (secondary N) is 1. The molecule has 0 aliphatic rings. The van der Waals surface area contributed by atoms with Gasteiger partial charge in [0.1, 0.15) is 0 Å². The number of hydrogen-bond acceptors (Lipinski definition) is 2. The quantitative estimate of drug-likeness (QED) is 0.860. The minimum Gasteiger partial charge on any atom is -0.323 e. The van der Waals surface area contributed by atoms with Gasteiger partial charge in [-0.3, -0.25) is 9.69 Å². The van der Waals surface area contributed by atoms with Crippen LogP contribution in [-0.2, 0) is 4.79 Å². The van der Waals surface area contributed by atoms with Crippen LogP contribution in [0.2, 0.25) is 5.02 Å². The van der Waals surface area contributed by atoms with E-state index < -0.39 is 0 Å². The molecule has 0 aliphatic heterocycles. The van der Waals surface area contributed by atoms with Crippen molar-refractivity contribution in [2.45, 2.75) is 46.6 Å². The molecule has 0 aromatic heterocycles. The summed E-state index contributed by atoms with van der Waals surface area (Å²) in [6.45, 7) is 8.94. The molecule has 0 fully saturated rings. The molecule has 1 aromatic rings. The molecule has 3 nitrogen and oxygen atoms in total. The lowest BCUT2D eigenvalue weighted by molar-refractivity contribution is -0.120. The highest BCUT2D eigenvalue weighted by atomic mass is 35.5. The monoisotopic (exact) mass is 296 g/mol.